The minimum atomic E-state index is -0.0296. The molecule has 1 N–H and O–H groups in total. The summed E-state index contributed by atoms with van der Waals surface area (Å²) >= 11 is 1.34. The van der Waals surface area contributed by atoms with Crippen LogP contribution in [-0.2, 0) is 4.79 Å². The number of ether oxygens (including phenoxy) is 1. The number of hydrogen-bond donors (Lipinski definition) is 1. The molecule has 2 heterocycles. The van der Waals surface area contributed by atoms with Gasteiger partial charge in [0.15, 0.2) is 11.0 Å². The molecule has 8 heteroatoms. The van der Waals surface area contributed by atoms with Gasteiger partial charge in [0, 0.05) is 6.04 Å². The van der Waals surface area contributed by atoms with Crippen LogP contribution in [0.15, 0.2) is 46.2 Å². The average Bonchev–Trinajstić information content (AvgIpc) is 3.32. The van der Waals surface area contributed by atoms with Gasteiger partial charge < -0.3 is 14.5 Å². The molecule has 1 atom stereocenters. The summed E-state index contributed by atoms with van der Waals surface area (Å²) in [5, 5.41) is 12.4. The van der Waals surface area contributed by atoms with Crippen molar-refractivity contribution in [1.29, 1.82) is 0 Å². The van der Waals surface area contributed by atoms with Gasteiger partial charge >= 0.3 is 0 Å². The molecule has 3 aromatic rings. The Bertz CT molecular complexity index is 966. The second-order valence-electron chi connectivity index (χ2n) is 6.60. The summed E-state index contributed by atoms with van der Waals surface area (Å²) in [4.78, 5) is 12.3. The summed E-state index contributed by atoms with van der Waals surface area (Å²) in [5.74, 6) is 2.34. The predicted molar refractivity (Wildman–Crippen MR) is 114 cm³/mol. The minimum Gasteiger partial charge on any atom is -0.492 e. The van der Waals surface area contributed by atoms with Crippen molar-refractivity contribution in [3.63, 3.8) is 0 Å². The second-order valence-corrected chi connectivity index (χ2v) is 7.54. The lowest BCUT2D eigenvalue weighted by atomic mass is 10.2. The van der Waals surface area contributed by atoms with Crippen molar-refractivity contribution in [3.8, 4) is 22.8 Å². The summed E-state index contributed by atoms with van der Waals surface area (Å²) in [6, 6.07) is 9.74. The number of aromatic nitrogens is 3. The van der Waals surface area contributed by atoms with E-state index in [1.165, 1.54) is 11.8 Å². The molecular weight excluding hydrogens is 388 g/mol. The lowest BCUT2D eigenvalue weighted by Gasteiger charge is -2.15. The van der Waals surface area contributed by atoms with E-state index >= 15 is 0 Å². The Morgan fingerprint density at radius 3 is 2.76 bits per heavy atom. The molecule has 1 aromatic carbocycles. The zero-order valence-electron chi connectivity index (χ0n) is 17.1. The third-order valence-corrected chi connectivity index (χ3v) is 5.42. The minimum absolute atomic E-state index is 0.0296. The van der Waals surface area contributed by atoms with Gasteiger partial charge in [0.1, 0.15) is 11.5 Å². The van der Waals surface area contributed by atoms with Crippen molar-refractivity contribution in [3.05, 3.63) is 42.4 Å². The molecule has 0 bridgehead atoms. The number of amides is 1. The molecule has 0 radical (unpaired) electrons. The van der Waals surface area contributed by atoms with Crippen LogP contribution < -0.4 is 10.1 Å². The molecule has 0 unspecified atom stereocenters. The maximum atomic E-state index is 12.3. The van der Waals surface area contributed by atoms with Crippen LogP contribution in [0.2, 0.25) is 0 Å². The molecular formula is C21H26N4O3S. The van der Waals surface area contributed by atoms with Crippen LogP contribution in [0, 0.1) is 6.92 Å². The Morgan fingerprint density at radius 2 is 2.07 bits per heavy atom. The number of aryl methyl sites for hydroxylation is 1. The van der Waals surface area contributed by atoms with Gasteiger partial charge in [-0.2, -0.15) is 0 Å². The van der Waals surface area contributed by atoms with E-state index in [4.69, 9.17) is 9.15 Å². The molecule has 7 nitrogen and oxygen atoms in total. The summed E-state index contributed by atoms with van der Waals surface area (Å²) in [6.07, 6.45) is 2.52. The van der Waals surface area contributed by atoms with E-state index in [1.807, 2.05) is 62.6 Å². The number of nitrogens with zero attached hydrogens (tertiary/aromatic N) is 3. The van der Waals surface area contributed by atoms with E-state index in [9.17, 15) is 4.79 Å². The molecule has 0 saturated carbocycles. The monoisotopic (exact) mass is 414 g/mol. The third-order valence-electron chi connectivity index (χ3n) is 4.49. The Balaban J connectivity index is 1.99. The van der Waals surface area contributed by atoms with Crippen LogP contribution in [0.5, 0.6) is 5.75 Å². The highest BCUT2D eigenvalue weighted by Gasteiger charge is 2.22. The van der Waals surface area contributed by atoms with Crippen molar-refractivity contribution in [2.45, 2.75) is 45.3 Å². The molecule has 3 rings (SSSR count). The highest BCUT2D eigenvalue weighted by Crippen LogP contribution is 2.34. The number of carbonyl (C=O) groups is 1. The van der Waals surface area contributed by atoms with E-state index in [0.717, 1.165) is 29.2 Å². The van der Waals surface area contributed by atoms with Crippen molar-refractivity contribution >= 4 is 17.7 Å². The number of carbonyl (C=O) groups excluding carboxylic acids is 1. The molecule has 0 spiro atoms. The first-order chi connectivity index (χ1) is 14.0. The predicted octanol–water partition coefficient (Wildman–Crippen LogP) is 4.24. The molecule has 2 aromatic heterocycles. The SMILES string of the molecule is CCOc1ccccc1-n1c(SCC(=O)N[C@H](C)CC)nnc1-c1ccoc1C. The molecule has 0 saturated heterocycles. The Kier molecular flexibility index (Phi) is 6.98. The summed E-state index contributed by atoms with van der Waals surface area (Å²) < 4.78 is 13.2. The van der Waals surface area contributed by atoms with Crippen LogP contribution in [0.1, 0.15) is 33.0 Å². The Morgan fingerprint density at radius 1 is 1.28 bits per heavy atom. The number of rotatable bonds is 9. The topological polar surface area (TPSA) is 82.2 Å². The third kappa shape index (κ3) is 4.82. The summed E-state index contributed by atoms with van der Waals surface area (Å²) in [5.41, 5.74) is 1.67. The average molecular weight is 415 g/mol. The standard InChI is InChI=1S/C21H26N4O3S/c1-5-14(3)22-19(26)13-29-21-24-23-20(16-11-12-28-15(16)4)25(21)17-9-7-8-10-18(17)27-6-2/h7-12,14H,5-6,13H2,1-4H3,(H,22,26)/t14-/m1/s1. The van der Waals surface area contributed by atoms with Gasteiger partial charge in [0.2, 0.25) is 5.91 Å². The number of hydrogen-bond acceptors (Lipinski definition) is 6. The summed E-state index contributed by atoms with van der Waals surface area (Å²) in [6.45, 7) is 8.40. The van der Waals surface area contributed by atoms with Gasteiger partial charge in [-0.1, -0.05) is 30.8 Å². The Labute approximate surface area is 174 Å². The van der Waals surface area contributed by atoms with Crippen LogP contribution in [0.3, 0.4) is 0 Å². The maximum Gasteiger partial charge on any atom is 0.230 e. The van der Waals surface area contributed by atoms with Crippen LogP contribution in [-0.4, -0.2) is 39.1 Å². The first-order valence-corrected chi connectivity index (χ1v) is 10.7. The number of furan rings is 1. The van der Waals surface area contributed by atoms with Gasteiger partial charge in [-0.25, -0.2) is 0 Å². The van der Waals surface area contributed by atoms with E-state index in [-0.39, 0.29) is 17.7 Å². The maximum absolute atomic E-state index is 12.3. The molecule has 0 aliphatic rings. The van der Waals surface area contributed by atoms with Crippen molar-refractivity contribution in [2.24, 2.45) is 0 Å². The molecule has 1 amide bonds. The zero-order chi connectivity index (χ0) is 20.8. The van der Waals surface area contributed by atoms with Crippen molar-refractivity contribution < 1.29 is 13.9 Å². The molecule has 154 valence electrons. The largest absolute Gasteiger partial charge is 0.492 e. The number of thioether (sulfide) groups is 1. The van der Waals surface area contributed by atoms with Gasteiger partial charge in [-0.3, -0.25) is 9.36 Å². The fraction of sp³-hybridized carbons (Fsp3) is 0.381. The lowest BCUT2D eigenvalue weighted by Crippen LogP contribution is -2.33. The van der Waals surface area contributed by atoms with E-state index in [0.29, 0.717) is 17.6 Å². The number of para-hydroxylation sites is 2. The normalized spacial score (nSPS) is 12.0. The summed E-state index contributed by atoms with van der Waals surface area (Å²) in [7, 11) is 0. The van der Waals surface area contributed by atoms with Crippen LogP contribution >= 0.6 is 11.8 Å². The van der Waals surface area contributed by atoms with Gasteiger partial charge in [0.05, 0.1) is 29.9 Å². The lowest BCUT2D eigenvalue weighted by molar-refractivity contribution is -0.119. The molecule has 0 aliphatic carbocycles. The fourth-order valence-corrected chi connectivity index (χ4v) is 3.60. The molecule has 0 aliphatic heterocycles. The van der Waals surface area contributed by atoms with Crippen LogP contribution in [0.4, 0.5) is 0 Å². The van der Waals surface area contributed by atoms with Crippen LogP contribution in [0.25, 0.3) is 17.1 Å². The first-order valence-electron chi connectivity index (χ1n) is 9.69. The van der Waals surface area contributed by atoms with E-state index < -0.39 is 0 Å². The van der Waals surface area contributed by atoms with E-state index in [2.05, 4.69) is 15.5 Å². The molecule has 29 heavy (non-hydrogen) atoms. The second kappa shape index (κ2) is 9.65. The number of benzene rings is 1. The quantitative estimate of drug-likeness (QED) is 0.527. The van der Waals surface area contributed by atoms with E-state index in [1.54, 1.807) is 6.26 Å². The van der Waals surface area contributed by atoms with Crippen molar-refractivity contribution in [1.82, 2.24) is 20.1 Å². The highest BCUT2D eigenvalue weighted by atomic mass is 32.2. The van der Waals surface area contributed by atoms with Crippen molar-refractivity contribution in [2.75, 3.05) is 12.4 Å². The number of nitrogens with one attached hydrogen (secondary N) is 1. The smallest absolute Gasteiger partial charge is 0.230 e. The Hall–Kier alpha value is -2.74. The first kappa shape index (κ1) is 21.0. The fourth-order valence-electron chi connectivity index (χ4n) is 2.84. The highest BCUT2D eigenvalue weighted by molar-refractivity contribution is 7.99. The van der Waals surface area contributed by atoms with Gasteiger partial charge in [0.25, 0.3) is 0 Å². The van der Waals surface area contributed by atoms with Gasteiger partial charge in [-0.15, -0.1) is 10.2 Å². The van der Waals surface area contributed by atoms with Gasteiger partial charge in [-0.05, 0) is 45.4 Å². The zero-order valence-corrected chi connectivity index (χ0v) is 18.0. The molecule has 0 fully saturated rings.